The van der Waals surface area contributed by atoms with Crippen LogP contribution >= 0.6 is 7.82 Å². The normalized spacial score (nSPS) is 33.8. The summed E-state index contributed by atoms with van der Waals surface area (Å²) in [4.78, 5) is 42.6. The lowest BCUT2D eigenvalue weighted by Crippen LogP contribution is -2.57. The fraction of sp³-hybridized carbons (Fsp3) is 0.636. The third-order valence-corrected chi connectivity index (χ3v) is 4.43. The number of aromatic nitrogens is 2. The van der Waals surface area contributed by atoms with Crippen molar-refractivity contribution in [3.05, 3.63) is 33.1 Å². The van der Waals surface area contributed by atoms with Gasteiger partial charge < -0.3 is 24.4 Å². The molecule has 2 aliphatic heterocycles. The smallest absolute Gasteiger partial charge is 0.387 e. The Balaban J connectivity index is 1.89. The molecule has 0 aliphatic carbocycles. The second kappa shape index (κ2) is 5.64. The van der Waals surface area contributed by atoms with Gasteiger partial charge in [0.05, 0.1) is 13.2 Å². The van der Waals surface area contributed by atoms with E-state index in [0.29, 0.717) is 13.0 Å². The van der Waals surface area contributed by atoms with E-state index >= 15 is 0 Å². The topological polar surface area (TPSA) is 160 Å². The van der Waals surface area contributed by atoms with Crippen molar-refractivity contribution >= 4 is 7.82 Å². The molecule has 3 rings (SSSR count). The number of aliphatic hydroxyl groups excluding tert-OH is 1. The van der Waals surface area contributed by atoms with Crippen molar-refractivity contribution in [3.63, 3.8) is 0 Å². The number of hydrogen-bond acceptors (Lipinski definition) is 7. The molecular formula is C11H15N2O9P. The first-order valence-electron chi connectivity index (χ1n) is 6.72. The first-order valence-corrected chi connectivity index (χ1v) is 8.25. The van der Waals surface area contributed by atoms with Crippen molar-refractivity contribution in [1.29, 1.82) is 0 Å². The number of phosphoric ester groups is 1. The first kappa shape index (κ1) is 16.5. The van der Waals surface area contributed by atoms with E-state index in [9.17, 15) is 19.3 Å². The number of ether oxygens (including phenoxy) is 2. The fourth-order valence-corrected chi connectivity index (χ4v) is 3.14. The molecule has 2 aliphatic rings. The second-order valence-corrected chi connectivity index (χ2v) is 6.57. The van der Waals surface area contributed by atoms with Crippen LogP contribution in [0.15, 0.2) is 21.9 Å². The lowest BCUT2D eigenvalue weighted by molar-refractivity contribution is -0.227. The van der Waals surface area contributed by atoms with Crippen LogP contribution in [-0.4, -0.2) is 55.5 Å². The Morgan fingerprint density at radius 3 is 2.70 bits per heavy atom. The van der Waals surface area contributed by atoms with Gasteiger partial charge in [0, 0.05) is 18.7 Å². The highest BCUT2D eigenvalue weighted by atomic mass is 31.2. The Labute approximate surface area is 128 Å². The van der Waals surface area contributed by atoms with E-state index in [-0.39, 0.29) is 0 Å². The van der Waals surface area contributed by atoms with Crippen LogP contribution in [0, 0.1) is 0 Å². The van der Waals surface area contributed by atoms with Gasteiger partial charge in [-0.1, -0.05) is 0 Å². The Kier molecular flexibility index (Phi) is 4.05. The molecule has 0 amide bonds. The standard InChI is InChI=1S/C11H15N2O9P/c14-7-1-3-13(10(16)12-7)9-11(2-4-20-11)8(15)6(22-9)5-21-23(17,18)19/h1,3,6,8-9,15H,2,4-5H2,(H,12,14,16)(H2,17,18,19)/t6-,8-,9-,11-/m1/s1. The SMILES string of the molecule is O=c1ccn([C@@H]2O[C@H](COP(=O)(O)O)[C@@H](O)[C@]23CCO3)c(=O)[nH]1. The van der Waals surface area contributed by atoms with Gasteiger partial charge in [-0.05, 0) is 0 Å². The van der Waals surface area contributed by atoms with Crippen molar-refractivity contribution in [1.82, 2.24) is 9.55 Å². The van der Waals surface area contributed by atoms with Crippen molar-refractivity contribution < 1.29 is 33.5 Å². The van der Waals surface area contributed by atoms with Gasteiger partial charge >= 0.3 is 13.5 Å². The van der Waals surface area contributed by atoms with Gasteiger partial charge in [-0.3, -0.25) is 18.9 Å². The number of aliphatic hydroxyl groups is 1. The maximum absolute atomic E-state index is 11.9. The van der Waals surface area contributed by atoms with Crippen LogP contribution in [0.3, 0.4) is 0 Å². The number of H-pyrrole nitrogens is 1. The van der Waals surface area contributed by atoms with Crippen molar-refractivity contribution in [3.8, 4) is 0 Å². The highest BCUT2D eigenvalue weighted by Crippen LogP contribution is 2.49. The molecule has 23 heavy (non-hydrogen) atoms. The van der Waals surface area contributed by atoms with Crippen LogP contribution in [0.4, 0.5) is 0 Å². The Bertz CT molecular complexity index is 748. The number of nitrogens with zero attached hydrogens (tertiary/aromatic N) is 1. The molecule has 0 bridgehead atoms. The number of phosphoric acid groups is 1. The molecule has 1 aromatic heterocycles. The Morgan fingerprint density at radius 2 is 2.17 bits per heavy atom. The Hall–Kier alpha value is -1.33. The quantitative estimate of drug-likeness (QED) is 0.453. The summed E-state index contributed by atoms with van der Waals surface area (Å²) < 4.78 is 27.2. The summed E-state index contributed by atoms with van der Waals surface area (Å²) in [5.74, 6) is 0. The van der Waals surface area contributed by atoms with Gasteiger partial charge in [0.2, 0.25) is 0 Å². The summed E-state index contributed by atoms with van der Waals surface area (Å²) in [6.45, 7) is -0.244. The number of nitrogens with one attached hydrogen (secondary N) is 1. The van der Waals surface area contributed by atoms with Crippen molar-refractivity contribution in [2.24, 2.45) is 0 Å². The summed E-state index contributed by atoms with van der Waals surface area (Å²) in [6.07, 6.45) is -1.84. The van der Waals surface area contributed by atoms with E-state index < -0.39 is 49.7 Å². The number of hydrogen-bond donors (Lipinski definition) is 4. The lowest BCUT2D eigenvalue weighted by Gasteiger charge is -2.44. The predicted octanol–water partition coefficient (Wildman–Crippen LogP) is -1.94. The van der Waals surface area contributed by atoms with E-state index in [4.69, 9.17) is 19.3 Å². The molecule has 12 heteroatoms. The molecule has 1 aromatic rings. The summed E-state index contributed by atoms with van der Waals surface area (Å²) in [5.41, 5.74) is -2.57. The molecular weight excluding hydrogens is 335 g/mol. The van der Waals surface area contributed by atoms with Gasteiger partial charge in [-0.15, -0.1) is 0 Å². The Morgan fingerprint density at radius 1 is 1.48 bits per heavy atom. The van der Waals surface area contributed by atoms with E-state index in [2.05, 4.69) is 9.51 Å². The average molecular weight is 350 g/mol. The van der Waals surface area contributed by atoms with Crippen LogP contribution in [0.25, 0.3) is 0 Å². The van der Waals surface area contributed by atoms with Gasteiger partial charge in [0.25, 0.3) is 5.56 Å². The molecule has 0 saturated carbocycles. The summed E-state index contributed by atoms with van der Waals surface area (Å²) in [6, 6.07) is 1.11. The van der Waals surface area contributed by atoms with E-state index in [0.717, 1.165) is 10.6 Å². The molecule has 1 spiro atoms. The van der Waals surface area contributed by atoms with Gasteiger partial charge in [0.15, 0.2) is 6.23 Å². The molecule has 4 N–H and O–H groups in total. The van der Waals surface area contributed by atoms with Gasteiger partial charge in [-0.2, -0.15) is 0 Å². The van der Waals surface area contributed by atoms with Gasteiger partial charge in [0.1, 0.15) is 17.8 Å². The molecule has 128 valence electrons. The first-order chi connectivity index (χ1) is 10.7. The highest BCUT2D eigenvalue weighted by Gasteiger charge is 2.62. The summed E-state index contributed by atoms with van der Waals surface area (Å²) in [5, 5.41) is 10.4. The summed E-state index contributed by atoms with van der Waals surface area (Å²) in [7, 11) is -4.73. The number of aromatic amines is 1. The molecule has 3 heterocycles. The summed E-state index contributed by atoms with van der Waals surface area (Å²) >= 11 is 0. The zero-order valence-corrected chi connectivity index (χ0v) is 12.6. The second-order valence-electron chi connectivity index (χ2n) is 5.33. The van der Waals surface area contributed by atoms with Crippen LogP contribution in [-0.2, 0) is 18.6 Å². The predicted molar refractivity (Wildman–Crippen MR) is 72.5 cm³/mol. The maximum Gasteiger partial charge on any atom is 0.469 e. The number of rotatable bonds is 4. The molecule has 0 radical (unpaired) electrons. The monoisotopic (exact) mass is 350 g/mol. The van der Waals surface area contributed by atoms with E-state index in [1.807, 2.05) is 0 Å². The van der Waals surface area contributed by atoms with Crippen LogP contribution in [0.2, 0.25) is 0 Å². The zero-order chi connectivity index (χ0) is 16.8. The lowest BCUT2D eigenvalue weighted by atomic mass is 9.86. The maximum atomic E-state index is 11.9. The molecule has 2 saturated heterocycles. The van der Waals surface area contributed by atoms with Crippen LogP contribution in [0.1, 0.15) is 12.6 Å². The molecule has 11 nitrogen and oxygen atoms in total. The third-order valence-electron chi connectivity index (χ3n) is 3.95. The van der Waals surface area contributed by atoms with Crippen LogP contribution < -0.4 is 11.2 Å². The molecule has 0 aromatic carbocycles. The van der Waals surface area contributed by atoms with E-state index in [1.165, 1.54) is 6.20 Å². The molecule has 2 fully saturated rings. The van der Waals surface area contributed by atoms with Crippen molar-refractivity contribution in [2.75, 3.05) is 13.2 Å². The molecule has 0 unspecified atom stereocenters. The van der Waals surface area contributed by atoms with Crippen LogP contribution in [0.5, 0.6) is 0 Å². The van der Waals surface area contributed by atoms with Crippen molar-refractivity contribution in [2.45, 2.75) is 30.5 Å². The fourth-order valence-electron chi connectivity index (χ4n) is 2.80. The molecule has 4 atom stereocenters. The average Bonchev–Trinajstić information content (AvgIpc) is 2.68. The largest absolute Gasteiger partial charge is 0.469 e. The minimum absolute atomic E-state index is 0.334. The minimum atomic E-state index is -4.73. The van der Waals surface area contributed by atoms with E-state index in [1.54, 1.807) is 0 Å². The zero-order valence-electron chi connectivity index (χ0n) is 11.7. The minimum Gasteiger partial charge on any atom is -0.387 e. The van der Waals surface area contributed by atoms with Gasteiger partial charge in [-0.25, -0.2) is 9.36 Å². The highest BCUT2D eigenvalue weighted by molar-refractivity contribution is 7.46. The third kappa shape index (κ3) is 2.92.